The molecule has 1 rings (SSSR count). The summed E-state index contributed by atoms with van der Waals surface area (Å²) < 4.78 is 5.96. The van der Waals surface area contributed by atoms with Crippen LogP contribution in [0.4, 0.5) is 0 Å². The fourth-order valence-electron chi connectivity index (χ4n) is 0.987. The molecule has 1 unspecified atom stereocenters. The van der Waals surface area contributed by atoms with Crippen LogP contribution in [0.15, 0.2) is 29.2 Å². The van der Waals surface area contributed by atoms with Crippen molar-refractivity contribution in [2.24, 2.45) is 0 Å². The zero-order valence-corrected chi connectivity index (χ0v) is 9.23. The number of hydrogen-bond donors (Lipinski definition) is 0. The van der Waals surface area contributed by atoms with E-state index in [0.717, 1.165) is 0 Å². The Labute approximate surface area is 89.6 Å². The Kier molecular flexibility index (Phi) is 3.88. The average molecular weight is 260 g/mol. The first-order chi connectivity index (χ1) is 6.65. The van der Waals surface area contributed by atoms with Crippen LogP contribution < -0.4 is 5.56 Å². The maximum absolute atomic E-state index is 11.3. The molecular weight excluding hydrogens is 250 g/mol. The van der Waals surface area contributed by atoms with Crippen molar-refractivity contribution in [3.05, 3.63) is 34.7 Å². The molecule has 0 aromatic carbocycles. The van der Waals surface area contributed by atoms with Gasteiger partial charge in [0.1, 0.15) is 4.83 Å². The Morgan fingerprint density at radius 2 is 2.36 bits per heavy atom. The fourth-order valence-corrected chi connectivity index (χ4v) is 1.49. The number of ether oxygens (including phenoxy) is 1. The van der Waals surface area contributed by atoms with Crippen LogP contribution in [0.25, 0.3) is 0 Å². The predicted molar refractivity (Wildman–Crippen MR) is 55.4 cm³/mol. The summed E-state index contributed by atoms with van der Waals surface area (Å²) >= 11 is 3.14. The van der Waals surface area contributed by atoms with E-state index in [1.165, 1.54) is 17.7 Å². The molecule has 0 fully saturated rings. The lowest BCUT2D eigenvalue weighted by Crippen LogP contribution is -2.27. The van der Waals surface area contributed by atoms with E-state index < -0.39 is 4.83 Å². The van der Waals surface area contributed by atoms with E-state index in [9.17, 15) is 9.59 Å². The Hall–Kier alpha value is -1.10. The van der Waals surface area contributed by atoms with Gasteiger partial charge in [0.25, 0.3) is 5.56 Å². The van der Waals surface area contributed by atoms with Gasteiger partial charge in [0.05, 0.1) is 7.11 Å². The van der Waals surface area contributed by atoms with E-state index in [4.69, 9.17) is 0 Å². The van der Waals surface area contributed by atoms with Crippen molar-refractivity contribution < 1.29 is 9.53 Å². The van der Waals surface area contributed by atoms with E-state index in [1.54, 1.807) is 18.3 Å². The second-order valence-electron chi connectivity index (χ2n) is 2.68. The largest absolute Gasteiger partial charge is 0.468 e. The van der Waals surface area contributed by atoms with Crippen molar-refractivity contribution in [2.75, 3.05) is 7.11 Å². The summed E-state index contributed by atoms with van der Waals surface area (Å²) in [6, 6.07) is 4.83. The van der Waals surface area contributed by atoms with E-state index >= 15 is 0 Å². The van der Waals surface area contributed by atoms with E-state index in [2.05, 4.69) is 20.7 Å². The number of alkyl halides is 1. The number of esters is 1. The number of methoxy groups -OCH3 is 1. The fraction of sp³-hybridized carbons (Fsp3) is 0.333. The molecule has 5 heteroatoms. The third kappa shape index (κ3) is 2.70. The summed E-state index contributed by atoms with van der Waals surface area (Å²) in [4.78, 5) is 21.8. The minimum absolute atomic E-state index is 0.138. The van der Waals surface area contributed by atoms with Crippen LogP contribution in [-0.2, 0) is 16.1 Å². The summed E-state index contributed by atoms with van der Waals surface area (Å²) in [5, 5.41) is 0. The zero-order valence-electron chi connectivity index (χ0n) is 7.64. The van der Waals surface area contributed by atoms with Gasteiger partial charge in [0.15, 0.2) is 0 Å². The molecule has 0 N–H and O–H groups in total. The Balaban J connectivity index is 2.74. The zero-order chi connectivity index (χ0) is 10.6. The molecule has 4 nitrogen and oxygen atoms in total. The molecule has 0 amide bonds. The summed E-state index contributed by atoms with van der Waals surface area (Å²) in [7, 11) is 1.31. The molecule has 76 valence electrons. The van der Waals surface area contributed by atoms with Crippen LogP contribution in [-0.4, -0.2) is 22.5 Å². The van der Waals surface area contributed by atoms with Gasteiger partial charge in [-0.25, -0.2) is 0 Å². The maximum atomic E-state index is 11.3. The molecule has 0 bridgehead atoms. The SMILES string of the molecule is COC(=O)C(Br)Cn1ccccc1=O. The lowest BCUT2D eigenvalue weighted by atomic mass is 10.4. The number of carbonyl (C=O) groups excluding carboxylic acids is 1. The van der Waals surface area contributed by atoms with Gasteiger partial charge >= 0.3 is 5.97 Å². The van der Waals surface area contributed by atoms with Crippen LogP contribution in [0.3, 0.4) is 0 Å². The van der Waals surface area contributed by atoms with Crippen LogP contribution in [0.1, 0.15) is 0 Å². The number of nitrogens with zero attached hydrogens (tertiary/aromatic N) is 1. The average Bonchev–Trinajstić information content (AvgIpc) is 2.20. The first-order valence-electron chi connectivity index (χ1n) is 4.02. The quantitative estimate of drug-likeness (QED) is 0.596. The molecule has 0 saturated carbocycles. The van der Waals surface area contributed by atoms with Gasteiger partial charge in [-0.15, -0.1) is 0 Å². The number of halogens is 1. The maximum Gasteiger partial charge on any atom is 0.321 e. The van der Waals surface area contributed by atoms with Gasteiger partial charge in [-0.2, -0.15) is 0 Å². The molecule has 0 radical (unpaired) electrons. The van der Waals surface area contributed by atoms with E-state index in [0.29, 0.717) is 0 Å². The Morgan fingerprint density at radius 3 is 2.93 bits per heavy atom. The van der Waals surface area contributed by atoms with Gasteiger partial charge in [-0.1, -0.05) is 22.0 Å². The highest BCUT2D eigenvalue weighted by molar-refractivity contribution is 9.10. The van der Waals surface area contributed by atoms with Crippen molar-refractivity contribution in [1.82, 2.24) is 4.57 Å². The van der Waals surface area contributed by atoms with Gasteiger partial charge in [-0.05, 0) is 6.07 Å². The molecular formula is C9H10BrNO3. The first kappa shape index (κ1) is 11.0. The van der Waals surface area contributed by atoms with Crippen LogP contribution in [0.2, 0.25) is 0 Å². The summed E-state index contributed by atoms with van der Waals surface area (Å²) in [6.45, 7) is 0.270. The minimum atomic E-state index is -0.493. The van der Waals surface area contributed by atoms with Crippen molar-refractivity contribution in [3.63, 3.8) is 0 Å². The summed E-state index contributed by atoms with van der Waals surface area (Å²) in [5.74, 6) is -0.388. The van der Waals surface area contributed by atoms with Gasteiger partial charge in [0, 0.05) is 18.8 Å². The molecule has 0 aliphatic rings. The monoisotopic (exact) mass is 259 g/mol. The number of pyridine rings is 1. The summed E-state index contributed by atoms with van der Waals surface area (Å²) in [6.07, 6.45) is 1.62. The highest BCUT2D eigenvalue weighted by atomic mass is 79.9. The third-order valence-corrected chi connectivity index (χ3v) is 2.38. The standard InChI is InChI=1S/C9H10BrNO3/c1-14-9(13)7(10)6-11-5-3-2-4-8(11)12/h2-5,7H,6H2,1H3. The van der Waals surface area contributed by atoms with E-state index in [-0.39, 0.29) is 18.1 Å². The minimum Gasteiger partial charge on any atom is -0.468 e. The van der Waals surface area contributed by atoms with E-state index in [1.807, 2.05) is 0 Å². The molecule has 1 heterocycles. The smallest absolute Gasteiger partial charge is 0.321 e. The second kappa shape index (κ2) is 4.95. The van der Waals surface area contributed by atoms with Gasteiger partial charge < -0.3 is 9.30 Å². The number of rotatable bonds is 3. The molecule has 0 aliphatic heterocycles. The van der Waals surface area contributed by atoms with Crippen LogP contribution in [0, 0.1) is 0 Å². The molecule has 1 aromatic heterocycles. The first-order valence-corrected chi connectivity index (χ1v) is 4.94. The number of hydrogen-bond acceptors (Lipinski definition) is 3. The van der Waals surface area contributed by atoms with Crippen molar-refractivity contribution >= 4 is 21.9 Å². The molecule has 0 saturated heterocycles. The second-order valence-corrected chi connectivity index (χ2v) is 3.79. The van der Waals surface area contributed by atoms with Gasteiger partial charge in [0.2, 0.25) is 0 Å². The Bertz CT molecular complexity index is 374. The normalized spacial score (nSPS) is 12.1. The number of aromatic nitrogens is 1. The summed E-state index contributed by atoms with van der Waals surface area (Å²) in [5.41, 5.74) is -0.138. The van der Waals surface area contributed by atoms with Crippen LogP contribution in [0.5, 0.6) is 0 Å². The van der Waals surface area contributed by atoms with Crippen LogP contribution >= 0.6 is 15.9 Å². The van der Waals surface area contributed by atoms with Crippen molar-refractivity contribution in [2.45, 2.75) is 11.4 Å². The molecule has 14 heavy (non-hydrogen) atoms. The topological polar surface area (TPSA) is 48.3 Å². The lowest BCUT2D eigenvalue weighted by molar-refractivity contribution is -0.140. The number of carbonyl (C=O) groups is 1. The molecule has 0 spiro atoms. The molecule has 1 aromatic rings. The molecule has 0 aliphatic carbocycles. The van der Waals surface area contributed by atoms with Crippen molar-refractivity contribution in [1.29, 1.82) is 0 Å². The highest BCUT2D eigenvalue weighted by Gasteiger charge is 2.15. The lowest BCUT2D eigenvalue weighted by Gasteiger charge is -2.09. The predicted octanol–water partition coefficient (Wildman–Crippen LogP) is 0.785. The van der Waals surface area contributed by atoms with Gasteiger partial charge in [-0.3, -0.25) is 9.59 Å². The third-order valence-electron chi connectivity index (χ3n) is 1.71. The highest BCUT2D eigenvalue weighted by Crippen LogP contribution is 2.03. The molecule has 1 atom stereocenters. The Morgan fingerprint density at radius 1 is 1.64 bits per heavy atom. The van der Waals surface area contributed by atoms with Crippen molar-refractivity contribution in [3.8, 4) is 0 Å².